The van der Waals surface area contributed by atoms with Crippen LogP contribution in [-0.4, -0.2) is 18.0 Å². The molecule has 0 fully saturated rings. The number of phenols is 1. The molecule has 0 radical (unpaired) electrons. The van der Waals surface area contributed by atoms with Crippen molar-refractivity contribution in [1.29, 1.82) is 0 Å². The van der Waals surface area contributed by atoms with Crippen molar-refractivity contribution in [2.24, 2.45) is 0 Å². The van der Waals surface area contributed by atoms with Crippen LogP contribution in [0.2, 0.25) is 5.02 Å². The number of carbonyl (C=O) groups excluding carboxylic acids is 1. The van der Waals surface area contributed by atoms with E-state index in [1.165, 1.54) is 24.3 Å². The predicted molar refractivity (Wildman–Crippen MR) is 79.5 cm³/mol. The van der Waals surface area contributed by atoms with E-state index in [-0.39, 0.29) is 17.1 Å². The Morgan fingerprint density at radius 3 is 2.75 bits per heavy atom. The summed E-state index contributed by atoms with van der Waals surface area (Å²) in [6.07, 6.45) is 3.02. The quantitative estimate of drug-likeness (QED) is 0.684. The third kappa shape index (κ3) is 3.19. The summed E-state index contributed by atoms with van der Waals surface area (Å²) in [5, 5.41) is 10.1. The fourth-order valence-corrected chi connectivity index (χ4v) is 1.94. The van der Waals surface area contributed by atoms with E-state index in [0.29, 0.717) is 10.8 Å². The highest BCUT2D eigenvalue weighted by Crippen LogP contribution is 2.23. The third-order valence-corrected chi connectivity index (χ3v) is 3.01. The van der Waals surface area contributed by atoms with Crippen LogP contribution in [0.15, 0.2) is 48.5 Å². The van der Waals surface area contributed by atoms with E-state index in [1.807, 2.05) is 18.2 Å². The summed E-state index contributed by atoms with van der Waals surface area (Å²) in [7, 11) is 1.57. The zero-order valence-electron chi connectivity index (χ0n) is 10.8. The van der Waals surface area contributed by atoms with Crippen molar-refractivity contribution in [3.63, 3.8) is 0 Å². The van der Waals surface area contributed by atoms with E-state index in [0.717, 1.165) is 5.56 Å². The molecule has 2 rings (SSSR count). The molecule has 0 bridgehead atoms. The normalized spacial score (nSPS) is 10.7. The van der Waals surface area contributed by atoms with E-state index in [1.54, 1.807) is 19.3 Å². The summed E-state index contributed by atoms with van der Waals surface area (Å²) >= 11 is 5.82. The first-order valence-electron chi connectivity index (χ1n) is 5.96. The predicted octanol–water partition coefficient (Wildman–Crippen LogP) is 3.95. The summed E-state index contributed by atoms with van der Waals surface area (Å²) < 4.78 is 5.19. The first-order valence-corrected chi connectivity index (χ1v) is 6.33. The number of aromatic hydroxyl groups is 1. The molecule has 3 nitrogen and oxygen atoms in total. The second-order valence-electron chi connectivity index (χ2n) is 4.10. The maximum atomic E-state index is 12.0. The van der Waals surface area contributed by atoms with Crippen molar-refractivity contribution in [2.45, 2.75) is 0 Å². The van der Waals surface area contributed by atoms with Crippen LogP contribution in [0.3, 0.4) is 0 Å². The Hall–Kier alpha value is -2.26. The van der Waals surface area contributed by atoms with Crippen molar-refractivity contribution in [2.75, 3.05) is 7.11 Å². The molecule has 0 saturated heterocycles. The van der Waals surface area contributed by atoms with Gasteiger partial charge in [0.1, 0.15) is 11.5 Å². The molecule has 0 aliphatic carbocycles. The van der Waals surface area contributed by atoms with Gasteiger partial charge in [0.05, 0.1) is 12.7 Å². The largest absolute Gasteiger partial charge is 0.507 e. The summed E-state index contributed by atoms with van der Waals surface area (Å²) in [6, 6.07) is 11.7. The Morgan fingerprint density at radius 1 is 1.25 bits per heavy atom. The molecule has 2 aromatic rings. The monoisotopic (exact) mass is 288 g/mol. The molecule has 0 spiro atoms. The molecule has 1 N–H and O–H groups in total. The van der Waals surface area contributed by atoms with Crippen molar-refractivity contribution < 1.29 is 14.6 Å². The average molecular weight is 289 g/mol. The van der Waals surface area contributed by atoms with Crippen LogP contribution >= 0.6 is 11.6 Å². The van der Waals surface area contributed by atoms with Gasteiger partial charge in [-0.2, -0.15) is 0 Å². The Labute approximate surface area is 122 Å². The van der Waals surface area contributed by atoms with Crippen LogP contribution in [-0.2, 0) is 0 Å². The van der Waals surface area contributed by atoms with Gasteiger partial charge in [-0.1, -0.05) is 29.8 Å². The van der Waals surface area contributed by atoms with Gasteiger partial charge in [-0.3, -0.25) is 4.79 Å². The van der Waals surface area contributed by atoms with Gasteiger partial charge >= 0.3 is 0 Å². The Kier molecular flexibility index (Phi) is 4.43. The molecule has 0 heterocycles. The summed E-state index contributed by atoms with van der Waals surface area (Å²) in [6.45, 7) is 0. The van der Waals surface area contributed by atoms with Crippen LogP contribution in [0.1, 0.15) is 15.9 Å². The highest BCUT2D eigenvalue weighted by Gasteiger charge is 2.09. The molecule has 0 aliphatic rings. The number of ketones is 1. The molecule has 0 atom stereocenters. The lowest BCUT2D eigenvalue weighted by atomic mass is 10.1. The first-order chi connectivity index (χ1) is 9.61. The van der Waals surface area contributed by atoms with Crippen molar-refractivity contribution in [1.82, 2.24) is 0 Å². The molecule has 0 aromatic heterocycles. The van der Waals surface area contributed by atoms with Crippen molar-refractivity contribution >= 4 is 23.5 Å². The first kappa shape index (κ1) is 14.2. The number of methoxy groups -OCH3 is 1. The molecule has 20 heavy (non-hydrogen) atoms. The number of allylic oxidation sites excluding steroid dienone is 1. The van der Waals surface area contributed by atoms with Gasteiger partial charge < -0.3 is 9.84 Å². The van der Waals surface area contributed by atoms with E-state index < -0.39 is 0 Å². The standard InChI is InChI=1S/C16H13ClO3/c1-20-16-5-3-2-4-11(16)6-8-14(18)13-10-12(17)7-9-15(13)19/h2-10,19H,1H3/b8-6+. The number of halogens is 1. The van der Waals surface area contributed by atoms with Gasteiger partial charge in [0.15, 0.2) is 5.78 Å². The van der Waals surface area contributed by atoms with E-state index in [9.17, 15) is 9.90 Å². The minimum absolute atomic E-state index is 0.0934. The Bertz CT molecular complexity index is 663. The maximum Gasteiger partial charge on any atom is 0.189 e. The highest BCUT2D eigenvalue weighted by molar-refractivity contribution is 6.31. The molecule has 0 saturated carbocycles. The van der Waals surface area contributed by atoms with Gasteiger partial charge in [-0.25, -0.2) is 0 Å². The van der Waals surface area contributed by atoms with E-state index >= 15 is 0 Å². The zero-order valence-corrected chi connectivity index (χ0v) is 11.6. The van der Waals surface area contributed by atoms with Crippen LogP contribution < -0.4 is 4.74 Å². The molecule has 102 valence electrons. The minimum Gasteiger partial charge on any atom is -0.507 e. The summed E-state index contributed by atoms with van der Waals surface area (Å²) in [5.74, 6) is 0.256. The maximum absolute atomic E-state index is 12.0. The van der Waals surface area contributed by atoms with Crippen molar-refractivity contribution in [3.8, 4) is 11.5 Å². The van der Waals surface area contributed by atoms with Gasteiger partial charge in [-0.15, -0.1) is 0 Å². The Balaban J connectivity index is 2.27. The molecule has 2 aromatic carbocycles. The van der Waals surface area contributed by atoms with Crippen LogP contribution in [0.4, 0.5) is 0 Å². The van der Waals surface area contributed by atoms with Gasteiger partial charge in [0, 0.05) is 10.6 Å². The van der Waals surface area contributed by atoms with Gasteiger partial charge in [-0.05, 0) is 36.4 Å². The fraction of sp³-hybridized carbons (Fsp3) is 0.0625. The van der Waals surface area contributed by atoms with Crippen molar-refractivity contribution in [3.05, 3.63) is 64.7 Å². The molecular weight excluding hydrogens is 276 g/mol. The molecule has 0 amide bonds. The molecular formula is C16H13ClO3. The number of hydrogen-bond donors (Lipinski definition) is 1. The summed E-state index contributed by atoms with van der Waals surface area (Å²) in [5.41, 5.74) is 0.952. The lowest BCUT2D eigenvalue weighted by Gasteiger charge is -2.04. The van der Waals surface area contributed by atoms with Gasteiger partial charge in [0.25, 0.3) is 0 Å². The third-order valence-electron chi connectivity index (χ3n) is 2.78. The van der Waals surface area contributed by atoms with E-state index in [2.05, 4.69) is 0 Å². The van der Waals surface area contributed by atoms with Crippen LogP contribution in [0.5, 0.6) is 11.5 Å². The number of carbonyl (C=O) groups is 1. The lowest BCUT2D eigenvalue weighted by Crippen LogP contribution is -1.95. The second-order valence-corrected chi connectivity index (χ2v) is 4.54. The number of para-hydroxylation sites is 1. The molecule has 0 unspecified atom stereocenters. The van der Waals surface area contributed by atoms with Crippen LogP contribution in [0, 0.1) is 0 Å². The Morgan fingerprint density at radius 2 is 2.00 bits per heavy atom. The summed E-state index contributed by atoms with van der Waals surface area (Å²) in [4.78, 5) is 12.0. The van der Waals surface area contributed by atoms with E-state index in [4.69, 9.17) is 16.3 Å². The lowest BCUT2D eigenvalue weighted by molar-refractivity contribution is 0.104. The fourth-order valence-electron chi connectivity index (χ4n) is 1.76. The van der Waals surface area contributed by atoms with Gasteiger partial charge in [0.2, 0.25) is 0 Å². The minimum atomic E-state index is -0.323. The van der Waals surface area contributed by atoms with Crippen LogP contribution in [0.25, 0.3) is 6.08 Å². The topological polar surface area (TPSA) is 46.5 Å². The number of ether oxygens (including phenoxy) is 1. The highest BCUT2D eigenvalue weighted by atomic mass is 35.5. The SMILES string of the molecule is COc1ccccc1/C=C/C(=O)c1cc(Cl)ccc1O. The molecule has 4 heteroatoms. The number of phenolic OH excluding ortho intramolecular Hbond substituents is 1. The zero-order chi connectivity index (χ0) is 14.5. The molecule has 0 aliphatic heterocycles. The number of hydrogen-bond acceptors (Lipinski definition) is 3. The smallest absolute Gasteiger partial charge is 0.189 e. The number of rotatable bonds is 4. The second kappa shape index (κ2) is 6.26. The average Bonchev–Trinajstić information content (AvgIpc) is 2.47. The number of benzene rings is 2.